The molecule has 2 heteroatoms. The highest BCUT2D eigenvalue weighted by atomic mass is 15.2. The van der Waals surface area contributed by atoms with E-state index in [1.807, 2.05) is 0 Å². The van der Waals surface area contributed by atoms with Crippen LogP contribution in [-0.4, -0.2) is 6.54 Å². The van der Waals surface area contributed by atoms with Crippen LogP contribution in [0.15, 0.2) is 24.3 Å². The Morgan fingerprint density at radius 1 is 1.42 bits per heavy atom. The largest absolute Gasteiger partial charge is 0.271 e. The molecule has 1 aromatic rings. The molecule has 0 aromatic heterocycles. The maximum absolute atomic E-state index is 5.27. The quantitative estimate of drug-likeness (QED) is 0.525. The molecular weight excluding hydrogens is 148 g/mol. The van der Waals surface area contributed by atoms with Crippen LogP contribution in [0.3, 0.4) is 0 Å². The van der Waals surface area contributed by atoms with E-state index in [-0.39, 0.29) is 0 Å². The van der Waals surface area contributed by atoms with E-state index in [2.05, 4.69) is 43.5 Å². The van der Waals surface area contributed by atoms with Crippen LogP contribution in [0.4, 0.5) is 0 Å². The average Bonchev–Trinajstić information content (AvgIpc) is 2.05. The lowest BCUT2D eigenvalue weighted by atomic mass is 9.97. The Morgan fingerprint density at radius 2 is 2.08 bits per heavy atom. The second-order valence-corrected chi connectivity index (χ2v) is 3.17. The fourth-order valence-corrected chi connectivity index (χ4v) is 1.43. The van der Waals surface area contributed by atoms with Crippen LogP contribution in [0.25, 0.3) is 0 Å². The molecular formula is C10H16N2. The van der Waals surface area contributed by atoms with Gasteiger partial charge in [-0.15, -0.1) is 0 Å². The van der Waals surface area contributed by atoms with Crippen molar-refractivity contribution in [1.82, 2.24) is 5.43 Å². The van der Waals surface area contributed by atoms with Gasteiger partial charge in [0.2, 0.25) is 0 Å². The van der Waals surface area contributed by atoms with E-state index in [0.717, 1.165) is 6.54 Å². The van der Waals surface area contributed by atoms with Crippen LogP contribution >= 0.6 is 0 Å². The number of hydrogen-bond donors (Lipinski definition) is 2. The third-order valence-electron chi connectivity index (χ3n) is 2.14. The molecule has 12 heavy (non-hydrogen) atoms. The fraction of sp³-hybridized carbons (Fsp3) is 0.400. The fourth-order valence-electron chi connectivity index (χ4n) is 1.43. The second kappa shape index (κ2) is 4.24. The van der Waals surface area contributed by atoms with E-state index < -0.39 is 0 Å². The lowest BCUT2D eigenvalue weighted by Gasteiger charge is -2.13. The van der Waals surface area contributed by atoms with Crippen LogP contribution < -0.4 is 11.3 Å². The first-order valence-corrected chi connectivity index (χ1v) is 4.24. The predicted octanol–water partition coefficient (Wildman–Crippen LogP) is 1.56. The van der Waals surface area contributed by atoms with Crippen LogP contribution in [0, 0.1) is 6.92 Å². The number of hydrazine groups is 1. The number of nitrogens with one attached hydrogen (secondary N) is 1. The van der Waals surface area contributed by atoms with Crippen molar-refractivity contribution in [2.24, 2.45) is 5.84 Å². The Labute approximate surface area is 73.8 Å². The molecule has 0 fully saturated rings. The first-order chi connectivity index (χ1) is 5.75. The van der Waals surface area contributed by atoms with Crippen molar-refractivity contribution in [2.45, 2.75) is 19.8 Å². The standard InChI is InChI=1S/C10H16N2/c1-8-5-3-4-6-10(8)9(2)7-12-11/h3-6,9,12H,7,11H2,1-2H3. The highest BCUT2D eigenvalue weighted by Crippen LogP contribution is 2.17. The Kier molecular flexibility index (Phi) is 3.26. The maximum Gasteiger partial charge on any atom is 0.0164 e. The van der Waals surface area contributed by atoms with E-state index in [4.69, 9.17) is 5.84 Å². The third-order valence-corrected chi connectivity index (χ3v) is 2.14. The Morgan fingerprint density at radius 3 is 2.67 bits per heavy atom. The van der Waals surface area contributed by atoms with Gasteiger partial charge in [-0.2, -0.15) is 0 Å². The molecule has 0 amide bonds. The molecule has 0 aliphatic rings. The summed E-state index contributed by atoms with van der Waals surface area (Å²) in [5.74, 6) is 5.75. The summed E-state index contributed by atoms with van der Waals surface area (Å²) < 4.78 is 0. The van der Waals surface area contributed by atoms with Gasteiger partial charge in [0, 0.05) is 6.54 Å². The molecule has 0 radical (unpaired) electrons. The lowest BCUT2D eigenvalue weighted by Crippen LogP contribution is -2.26. The molecule has 3 N–H and O–H groups in total. The molecule has 0 spiro atoms. The summed E-state index contributed by atoms with van der Waals surface area (Å²) in [7, 11) is 0. The molecule has 1 rings (SSSR count). The number of nitrogens with two attached hydrogens (primary N) is 1. The SMILES string of the molecule is Cc1ccccc1C(C)CNN. The molecule has 0 saturated carbocycles. The minimum Gasteiger partial charge on any atom is -0.271 e. The van der Waals surface area contributed by atoms with Gasteiger partial charge in [0.15, 0.2) is 0 Å². The van der Waals surface area contributed by atoms with Gasteiger partial charge in [0.1, 0.15) is 0 Å². The van der Waals surface area contributed by atoms with Crippen LogP contribution in [0.5, 0.6) is 0 Å². The Bertz CT molecular complexity index is 245. The van der Waals surface area contributed by atoms with Gasteiger partial charge in [-0.05, 0) is 24.0 Å². The summed E-state index contributed by atoms with van der Waals surface area (Å²) in [6.07, 6.45) is 0. The van der Waals surface area contributed by atoms with Crippen LogP contribution in [0.1, 0.15) is 24.0 Å². The number of hydrogen-bond acceptors (Lipinski definition) is 2. The number of aryl methyl sites for hydroxylation is 1. The van der Waals surface area contributed by atoms with Crippen LogP contribution in [-0.2, 0) is 0 Å². The zero-order valence-electron chi connectivity index (χ0n) is 7.67. The maximum atomic E-state index is 5.27. The summed E-state index contributed by atoms with van der Waals surface area (Å²) in [6.45, 7) is 5.12. The Hall–Kier alpha value is -0.860. The van der Waals surface area contributed by atoms with E-state index in [0.29, 0.717) is 5.92 Å². The van der Waals surface area contributed by atoms with Crippen molar-refractivity contribution in [3.63, 3.8) is 0 Å². The van der Waals surface area contributed by atoms with Crippen molar-refractivity contribution in [3.05, 3.63) is 35.4 Å². The zero-order chi connectivity index (χ0) is 8.97. The molecule has 0 bridgehead atoms. The van der Waals surface area contributed by atoms with Gasteiger partial charge in [-0.25, -0.2) is 0 Å². The van der Waals surface area contributed by atoms with Crippen LogP contribution in [0.2, 0.25) is 0 Å². The molecule has 0 heterocycles. The summed E-state index contributed by atoms with van der Waals surface area (Å²) in [5.41, 5.74) is 5.40. The minimum atomic E-state index is 0.483. The minimum absolute atomic E-state index is 0.483. The normalized spacial score (nSPS) is 12.9. The van der Waals surface area contributed by atoms with Crippen molar-refractivity contribution >= 4 is 0 Å². The third kappa shape index (κ3) is 2.06. The number of benzene rings is 1. The average molecular weight is 164 g/mol. The molecule has 1 aromatic carbocycles. The molecule has 1 atom stereocenters. The van der Waals surface area contributed by atoms with Crippen molar-refractivity contribution in [3.8, 4) is 0 Å². The van der Waals surface area contributed by atoms with Gasteiger partial charge in [-0.1, -0.05) is 31.2 Å². The summed E-state index contributed by atoms with van der Waals surface area (Å²) in [4.78, 5) is 0. The lowest BCUT2D eigenvalue weighted by molar-refractivity contribution is 0.637. The zero-order valence-corrected chi connectivity index (χ0v) is 7.67. The van der Waals surface area contributed by atoms with E-state index in [1.165, 1.54) is 11.1 Å². The molecule has 0 aliphatic carbocycles. The molecule has 66 valence electrons. The molecule has 2 nitrogen and oxygen atoms in total. The van der Waals surface area contributed by atoms with E-state index in [1.54, 1.807) is 0 Å². The highest BCUT2D eigenvalue weighted by Gasteiger charge is 2.05. The second-order valence-electron chi connectivity index (χ2n) is 3.17. The molecule has 0 saturated heterocycles. The van der Waals surface area contributed by atoms with Gasteiger partial charge < -0.3 is 0 Å². The Balaban J connectivity index is 2.79. The first kappa shape index (κ1) is 9.23. The summed E-state index contributed by atoms with van der Waals surface area (Å²) >= 11 is 0. The van der Waals surface area contributed by atoms with Crippen molar-refractivity contribution in [1.29, 1.82) is 0 Å². The number of rotatable bonds is 3. The monoisotopic (exact) mass is 164 g/mol. The van der Waals surface area contributed by atoms with Crippen molar-refractivity contribution < 1.29 is 0 Å². The molecule has 1 unspecified atom stereocenters. The smallest absolute Gasteiger partial charge is 0.0164 e. The van der Waals surface area contributed by atoms with Gasteiger partial charge >= 0.3 is 0 Å². The topological polar surface area (TPSA) is 38.0 Å². The predicted molar refractivity (Wildman–Crippen MR) is 51.8 cm³/mol. The van der Waals surface area contributed by atoms with E-state index in [9.17, 15) is 0 Å². The molecule has 0 aliphatic heterocycles. The summed E-state index contributed by atoms with van der Waals surface area (Å²) in [5, 5.41) is 0. The first-order valence-electron chi connectivity index (χ1n) is 4.24. The van der Waals surface area contributed by atoms with Gasteiger partial charge in [0.05, 0.1) is 0 Å². The van der Waals surface area contributed by atoms with Gasteiger partial charge in [-0.3, -0.25) is 11.3 Å². The van der Waals surface area contributed by atoms with Crippen molar-refractivity contribution in [2.75, 3.05) is 6.54 Å². The summed E-state index contributed by atoms with van der Waals surface area (Å²) in [6, 6.07) is 8.40. The van der Waals surface area contributed by atoms with Gasteiger partial charge in [0.25, 0.3) is 0 Å². The van der Waals surface area contributed by atoms with E-state index >= 15 is 0 Å². The highest BCUT2D eigenvalue weighted by molar-refractivity contribution is 5.28.